The van der Waals surface area contributed by atoms with Crippen LogP contribution in [-0.2, 0) is 11.2 Å². The van der Waals surface area contributed by atoms with Gasteiger partial charge < -0.3 is 20.0 Å². The zero-order valence-corrected chi connectivity index (χ0v) is 19.2. The van der Waals surface area contributed by atoms with Crippen molar-refractivity contribution in [1.82, 2.24) is 20.3 Å². The summed E-state index contributed by atoms with van der Waals surface area (Å²) < 4.78 is 5.92. The molecular formula is C26H28N4O3. The van der Waals surface area contributed by atoms with Crippen LogP contribution in [0.1, 0.15) is 41.2 Å². The Morgan fingerprint density at radius 1 is 1.09 bits per heavy atom. The highest BCUT2D eigenvalue weighted by molar-refractivity contribution is 5.84. The van der Waals surface area contributed by atoms with E-state index in [2.05, 4.69) is 26.3 Å². The molecule has 7 nitrogen and oxygen atoms in total. The minimum Gasteiger partial charge on any atom is -0.481 e. The second-order valence-electron chi connectivity index (χ2n) is 8.46. The number of amides is 1. The zero-order chi connectivity index (χ0) is 23.5. The van der Waals surface area contributed by atoms with E-state index in [4.69, 9.17) is 4.74 Å². The van der Waals surface area contributed by atoms with Crippen LogP contribution in [0.15, 0.2) is 59.5 Å². The van der Waals surface area contributed by atoms with Gasteiger partial charge in [-0.05, 0) is 62.6 Å². The SMILES string of the molecule is Cc1cc(C)cc(O[C@@H](C)C(=O)N[C@@H](Cc2c[nH]c3ccccc23)c2cc(=O)[nH]c(C)n2)c1. The highest BCUT2D eigenvalue weighted by atomic mass is 16.5. The summed E-state index contributed by atoms with van der Waals surface area (Å²) in [4.78, 5) is 35.6. The maximum absolute atomic E-state index is 13.1. The molecule has 0 aliphatic heterocycles. The topological polar surface area (TPSA) is 99.9 Å². The lowest BCUT2D eigenvalue weighted by molar-refractivity contribution is -0.128. The molecule has 2 aromatic heterocycles. The second-order valence-corrected chi connectivity index (χ2v) is 8.46. The van der Waals surface area contributed by atoms with Crippen LogP contribution in [-0.4, -0.2) is 27.0 Å². The van der Waals surface area contributed by atoms with Gasteiger partial charge in [0.15, 0.2) is 6.10 Å². The van der Waals surface area contributed by atoms with Crippen LogP contribution in [0.2, 0.25) is 0 Å². The van der Waals surface area contributed by atoms with E-state index in [0.717, 1.165) is 27.6 Å². The average molecular weight is 445 g/mol. The highest BCUT2D eigenvalue weighted by Crippen LogP contribution is 2.24. The van der Waals surface area contributed by atoms with E-state index in [1.807, 2.05) is 56.4 Å². The van der Waals surface area contributed by atoms with Crippen LogP contribution in [0.4, 0.5) is 0 Å². The van der Waals surface area contributed by atoms with E-state index in [0.29, 0.717) is 23.7 Å². The Kier molecular flexibility index (Phi) is 6.31. The van der Waals surface area contributed by atoms with E-state index in [1.54, 1.807) is 13.8 Å². The number of nitrogens with one attached hydrogen (secondary N) is 3. The van der Waals surface area contributed by atoms with Crippen molar-refractivity contribution in [1.29, 1.82) is 0 Å². The quantitative estimate of drug-likeness (QED) is 0.400. The van der Waals surface area contributed by atoms with Crippen LogP contribution >= 0.6 is 0 Å². The molecule has 170 valence electrons. The van der Waals surface area contributed by atoms with Crippen molar-refractivity contribution in [3.8, 4) is 5.75 Å². The number of fused-ring (bicyclic) bond motifs is 1. The van der Waals surface area contributed by atoms with Crippen molar-refractivity contribution >= 4 is 16.8 Å². The first-order valence-corrected chi connectivity index (χ1v) is 11.0. The standard InChI is InChI=1S/C26H28N4O3/c1-15-9-16(2)11-20(10-15)33-17(3)26(32)30-23(24-13-25(31)29-18(4)28-24)12-19-14-27-22-8-6-5-7-21(19)22/h5-11,13-14,17,23,27H,12H2,1-4H3,(H,30,32)(H,28,29,31)/t17-,23-/m0/s1. The van der Waals surface area contributed by atoms with Crippen molar-refractivity contribution in [3.63, 3.8) is 0 Å². The lowest BCUT2D eigenvalue weighted by Gasteiger charge is -2.22. The first kappa shape index (κ1) is 22.3. The van der Waals surface area contributed by atoms with Crippen LogP contribution in [0.3, 0.4) is 0 Å². The van der Waals surface area contributed by atoms with Gasteiger partial charge in [-0.1, -0.05) is 24.3 Å². The fraction of sp³-hybridized carbons (Fsp3) is 0.269. The smallest absolute Gasteiger partial charge is 0.261 e. The summed E-state index contributed by atoms with van der Waals surface area (Å²) in [7, 11) is 0. The molecule has 0 fully saturated rings. The third-order valence-electron chi connectivity index (χ3n) is 5.53. The molecule has 0 unspecified atom stereocenters. The molecule has 3 N–H and O–H groups in total. The van der Waals surface area contributed by atoms with Crippen molar-refractivity contribution in [2.45, 2.75) is 46.3 Å². The molecule has 2 atom stereocenters. The van der Waals surface area contributed by atoms with Crippen molar-refractivity contribution in [3.05, 3.63) is 93.3 Å². The molecule has 4 rings (SSSR count). The van der Waals surface area contributed by atoms with Gasteiger partial charge in [0.05, 0.1) is 11.7 Å². The molecule has 7 heteroatoms. The monoisotopic (exact) mass is 444 g/mol. The van der Waals surface area contributed by atoms with Crippen LogP contribution in [0.5, 0.6) is 5.75 Å². The normalized spacial score (nSPS) is 13.0. The molecule has 0 saturated heterocycles. The van der Waals surface area contributed by atoms with E-state index >= 15 is 0 Å². The van der Waals surface area contributed by atoms with E-state index in [1.165, 1.54) is 6.07 Å². The number of aromatic amines is 2. The molecule has 2 aromatic carbocycles. The molecule has 1 amide bonds. The second kappa shape index (κ2) is 9.32. The fourth-order valence-electron chi connectivity index (χ4n) is 4.08. The maximum Gasteiger partial charge on any atom is 0.261 e. The molecule has 0 saturated carbocycles. The molecule has 2 heterocycles. The summed E-state index contributed by atoms with van der Waals surface area (Å²) in [6.07, 6.45) is 1.68. The van der Waals surface area contributed by atoms with Gasteiger partial charge in [0.1, 0.15) is 11.6 Å². The number of carbonyl (C=O) groups excluding carboxylic acids is 1. The predicted molar refractivity (Wildman–Crippen MR) is 128 cm³/mol. The summed E-state index contributed by atoms with van der Waals surface area (Å²) >= 11 is 0. The average Bonchev–Trinajstić information content (AvgIpc) is 3.14. The van der Waals surface area contributed by atoms with Crippen molar-refractivity contribution < 1.29 is 9.53 Å². The van der Waals surface area contributed by atoms with E-state index < -0.39 is 12.1 Å². The Labute approximate surface area is 192 Å². The van der Waals surface area contributed by atoms with Gasteiger partial charge in [0.2, 0.25) is 0 Å². The fourth-order valence-corrected chi connectivity index (χ4v) is 4.08. The number of H-pyrrole nitrogens is 2. The van der Waals surface area contributed by atoms with E-state index in [-0.39, 0.29) is 11.5 Å². The van der Waals surface area contributed by atoms with Crippen LogP contribution in [0.25, 0.3) is 10.9 Å². The van der Waals surface area contributed by atoms with Gasteiger partial charge in [-0.25, -0.2) is 4.98 Å². The highest BCUT2D eigenvalue weighted by Gasteiger charge is 2.23. The number of hydrogen-bond donors (Lipinski definition) is 3. The molecule has 0 spiro atoms. The summed E-state index contributed by atoms with van der Waals surface area (Å²) in [5.41, 5.74) is 4.43. The predicted octanol–water partition coefficient (Wildman–Crippen LogP) is 4.04. The first-order chi connectivity index (χ1) is 15.8. The number of hydrogen-bond acceptors (Lipinski definition) is 4. The number of aryl methyl sites for hydroxylation is 3. The van der Waals surface area contributed by atoms with Gasteiger partial charge >= 0.3 is 0 Å². The molecule has 4 aromatic rings. The Morgan fingerprint density at radius 3 is 2.55 bits per heavy atom. The third kappa shape index (κ3) is 5.31. The van der Waals surface area contributed by atoms with Gasteiger partial charge in [0.25, 0.3) is 11.5 Å². The Balaban J connectivity index is 1.60. The zero-order valence-electron chi connectivity index (χ0n) is 19.2. The van der Waals surface area contributed by atoms with E-state index in [9.17, 15) is 9.59 Å². The minimum atomic E-state index is -0.722. The van der Waals surface area contributed by atoms with Gasteiger partial charge in [-0.15, -0.1) is 0 Å². The largest absolute Gasteiger partial charge is 0.481 e. The number of aromatic nitrogens is 3. The third-order valence-corrected chi connectivity index (χ3v) is 5.53. The lowest BCUT2D eigenvalue weighted by Crippen LogP contribution is -2.40. The Bertz CT molecular complexity index is 1330. The number of para-hydroxylation sites is 1. The number of ether oxygens (including phenoxy) is 1. The minimum absolute atomic E-state index is 0.254. The molecular weight excluding hydrogens is 416 g/mol. The number of carbonyl (C=O) groups is 1. The molecule has 0 aliphatic carbocycles. The summed E-state index contributed by atoms with van der Waals surface area (Å²) in [6, 6.07) is 14.8. The lowest BCUT2D eigenvalue weighted by atomic mass is 10.0. The summed E-state index contributed by atoms with van der Waals surface area (Å²) in [6.45, 7) is 7.42. The van der Waals surface area contributed by atoms with Crippen LogP contribution in [0, 0.1) is 20.8 Å². The first-order valence-electron chi connectivity index (χ1n) is 11.0. The Morgan fingerprint density at radius 2 is 1.82 bits per heavy atom. The molecule has 0 bridgehead atoms. The van der Waals surface area contributed by atoms with Crippen LogP contribution < -0.4 is 15.6 Å². The molecule has 0 radical (unpaired) electrons. The summed E-state index contributed by atoms with van der Waals surface area (Å²) in [5.74, 6) is 0.863. The Hall–Kier alpha value is -3.87. The number of nitrogens with zero attached hydrogens (tertiary/aromatic N) is 1. The maximum atomic E-state index is 13.1. The van der Waals surface area contributed by atoms with Crippen molar-refractivity contribution in [2.75, 3.05) is 0 Å². The number of benzene rings is 2. The van der Waals surface area contributed by atoms with Gasteiger partial charge in [0, 0.05) is 29.6 Å². The summed E-state index contributed by atoms with van der Waals surface area (Å²) in [5, 5.41) is 4.11. The van der Waals surface area contributed by atoms with Gasteiger partial charge in [-0.3, -0.25) is 9.59 Å². The van der Waals surface area contributed by atoms with Crippen molar-refractivity contribution in [2.24, 2.45) is 0 Å². The van der Waals surface area contributed by atoms with Gasteiger partial charge in [-0.2, -0.15) is 0 Å². The molecule has 0 aliphatic rings. The number of rotatable bonds is 7. The molecule has 33 heavy (non-hydrogen) atoms.